The van der Waals surface area contributed by atoms with E-state index >= 15 is 0 Å². The fraction of sp³-hybridized carbons (Fsp3) is 0.393. The molecule has 7 nitrogen and oxygen atoms in total. The van der Waals surface area contributed by atoms with Crippen molar-refractivity contribution in [3.05, 3.63) is 76.5 Å². The van der Waals surface area contributed by atoms with Crippen LogP contribution < -0.4 is 10.1 Å². The number of fused-ring (bicyclic) bond motifs is 2. The summed E-state index contributed by atoms with van der Waals surface area (Å²) >= 11 is 0. The second kappa shape index (κ2) is 10.1. The van der Waals surface area contributed by atoms with Crippen molar-refractivity contribution in [2.75, 3.05) is 25.5 Å². The zero-order valence-electron chi connectivity index (χ0n) is 20.7. The van der Waals surface area contributed by atoms with Gasteiger partial charge < -0.3 is 19.5 Å². The third kappa shape index (κ3) is 4.85. The van der Waals surface area contributed by atoms with Gasteiger partial charge in [0, 0.05) is 37.9 Å². The first kappa shape index (κ1) is 24.0. The standard InChI is InChI=1S/C28H31FN4O3/c1-18(34)14-24(21-7-10-26(36-2)23(29)16-21)33-13-12-32-17-19(15-25(32)28(33)35)5-8-22-9-6-20-4-3-11-30-27(20)31-22/h6-7,9-10,15-17,24H,3-5,8,11-14H2,1-2H3,(H,30,31)/t24-/m1/s1. The molecule has 36 heavy (non-hydrogen) atoms. The minimum Gasteiger partial charge on any atom is -0.494 e. The first-order valence-corrected chi connectivity index (χ1v) is 12.5. The maximum atomic E-state index is 14.4. The molecule has 1 aromatic carbocycles. The van der Waals surface area contributed by atoms with Crippen molar-refractivity contribution in [3.63, 3.8) is 0 Å². The molecule has 2 aromatic heterocycles. The quantitative estimate of drug-likeness (QED) is 0.508. The molecule has 0 radical (unpaired) electrons. The van der Waals surface area contributed by atoms with Crippen LogP contribution in [0.1, 0.15) is 58.7 Å². The largest absolute Gasteiger partial charge is 0.494 e. The molecular formula is C28H31FN4O3. The molecule has 3 aromatic rings. The van der Waals surface area contributed by atoms with Crippen molar-refractivity contribution < 1.29 is 18.7 Å². The summed E-state index contributed by atoms with van der Waals surface area (Å²) in [7, 11) is 1.41. The molecule has 0 fully saturated rings. The molecule has 2 aliphatic heterocycles. The molecule has 4 heterocycles. The van der Waals surface area contributed by atoms with Crippen LogP contribution in [-0.2, 0) is 30.6 Å². The van der Waals surface area contributed by atoms with E-state index in [9.17, 15) is 14.0 Å². The molecule has 188 valence electrons. The minimum atomic E-state index is -0.533. The number of amides is 1. The van der Waals surface area contributed by atoms with Crippen LogP contribution >= 0.6 is 0 Å². The topological polar surface area (TPSA) is 76.5 Å². The van der Waals surface area contributed by atoms with E-state index in [1.165, 1.54) is 31.7 Å². The molecule has 0 spiro atoms. The number of rotatable bonds is 8. The lowest BCUT2D eigenvalue weighted by Crippen LogP contribution is -2.42. The van der Waals surface area contributed by atoms with E-state index in [-0.39, 0.29) is 23.9 Å². The summed E-state index contributed by atoms with van der Waals surface area (Å²) in [5.74, 6) is 0.411. The second-order valence-electron chi connectivity index (χ2n) is 9.58. The number of pyridine rings is 1. The molecule has 2 aliphatic rings. The van der Waals surface area contributed by atoms with Gasteiger partial charge in [-0.05, 0) is 73.6 Å². The molecule has 5 rings (SSSR count). The number of ether oxygens (including phenoxy) is 1. The Morgan fingerprint density at radius 1 is 1.19 bits per heavy atom. The van der Waals surface area contributed by atoms with Gasteiger partial charge in [-0.3, -0.25) is 9.59 Å². The molecule has 1 N–H and O–H groups in total. The van der Waals surface area contributed by atoms with E-state index in [2.05, 4.69) is 17.4 Å². The molecular weight excluding hydrogens is 459 g/mol. The van der Waals surface area contributed by atoms with Crippen LogP contribution in [0.5, 0.6) is 5.75 Å². The number of hydrogen-bond donors (Lipinski definition) is 1. The first-order chi connectivity index (χ1) is 17.4. The van der Waals surface area contributed by atoms with Crippen LogP contribution in [0.4, 0.5) is 10.2 Å². The van der Waals surface area contributed by atoms with Gasteiger partial charge in [0.15, 0.2) is 11.6 Å². The average molecular weight is 491 g/mol. The highest BCUT2D eigenvalue weighted by Gasteiger charge is 2.32. The fourth-order valence-corrected chi connectivity index (χ4v) is 5.18. The Hall–Kier alpha value is -3.68. The smallest absolute Gasteiger partial charge is 0.271 e. The number of carbonyl (C=O) groups is 2. The summed E-state index contributed by atoms with van der Waals surface area (Å²) in [5, 5.41) is 3.38. The molecule has 0 aliphatic carbocycles. The Bertz CT molecular complexity index is 1300. The molecule has 1 amide bonds. The van der Waals surface area contributed by atoms with E-state index in [1.54, 1.807) is 11.0 Å². The Morgan fingerprint density at radius 2 is 2.06 bits per heavy atom. The number of ketones is 1. The van der Waals surface area contributed by atoms with Gasteiger partial charge in [0.2, 0.25) is 0 Å². The maximum Gasteiger partial charge on any atom is 0.271 e. The maximum absolute atomic E-state index is 14.4. The number of nitrogens with zero attached hydrogens (tertiary/aromatic N) is 3. The number of aromatic nitrogens is 2. The molecule has 8 heteroatoms. The summed E-state index contributed by atoms with van der Waals surface area (Å²) < 4.78 is 21.5. The molecule has 0 unspecified atom stereocenters. The van der Waals surface area contributed by atoms with Crippen molar-refractivity contribution in [3.8, 4) is 5.75 Å². The van der Waals surface area contributed by atoms with E-state index in [1.807, 2.05) is 16.8 Å². The number of methoxy groups -OCH3 is 1. The first-order valence-electron chi connectivity index (χ1n) is 12.5. The molecule has 0 saturated carbocycles. The van der Waals surface area contributed by atoms with E-state index < -0.39 is 11.9 Å². The number of aryl methyl sites for hydroxylation is 3. The van der Waals surface area contributed by atoms with Crippen molar-refractivity contribution in [1.82, 2.24) is 14.5 Å². The predicted molar refractivity (Wildman–Crippen MR) is 135 cm³/mol. The Balaban J connectivity index is 1.33. The second-order valence-corrected chi connectivity index (χ2v) is 9.58. The summed E-state index contributed by atoms with van der Waals surface area (Å²) in [5.41, 5.74) is 4.56. The third-order valence-electron chi connectivity index (χ3n) is 7.05. The normalized spacial score (nSPS) is 15.6. The highest BCUT2D eigenvalue weighted by atomic mass is 19.1. The molecule has 0 saturated heterocycles. The van der Waals surface area contributed by atoms with Crippen LogP contribution in [0.15, 0.2) is 42.6 Å². The summed E-state index contributed by atoms with van der Waals surface area (Å²) in [6, 6.07) is 10.3. The third-order valence-corrected chi connectivity index (χ3v) is 7.05. The van der Waals surface area contributed by atoms with Gasteiger partial charge in [-0.25, -0.2) is 9.37 Å². The van der Waals surface area contributed by atoms with Crippen LogP contribution in [-0.4, -0.2) is 46.3 Å². The van der Waals surface area contributed by atoms with Gasteiger partial charge >= 0.3 is 0 Å². The number of halogens is 1. The number of benzene rings is 1. The minimum absolute atomic E-state index is 0.0577. The lowest BCUT2D eigenvalue weighted by atomic mass is 9.98. The fourth-order valence-electron chi connectivity index (χ4n) is 5.18. The number of carbonyl (C=O) groups excluding carboxylic acids is 2. The molecule has 1 atom stereocenters. The van der Waals surface area contributed by atoms with Gasteiger partial charge in [-0.2, -0.15) is 0 Å². The summed E-state index contributed by atoms with van der Waals surface area (Å²) in [6.45, 7) is 3.52. The van der Waals surface area contributed by atoms with Crippen molar-refractivity contribution in [1.29, 1.82) is 0 Å². The Labute approximate surface area is 210 Å². The lowest BCUT2D eigenvalue weighted by Gasteiger charge is -2.35. The van der Waals surface area contributed by atoms with Crippen LogP contribution in [0.25, 0.3) is 0 Å². The van der Waals surface area contributed by atoms with Crippen molar-refractivity contribution in [2.45, 2.75) is 51.6 Å². The highest BCUT2D eigenvalue weighted by Crippen LogP contribution is 2.32. The monoisotopic (exact) mass is 490 g/mol. The average Bonchev–Trinajstić information content (AvgIpc) is 3.30. The lowest BCUT2D eigenvalue weighted by molar-refractivity contribution is -0.118. The van der Waals surface area contributed by atoms with Crippen LogP contribution in [0.3, 0.4) is 0 Å². The SMILES string of the molecule is COc1ccc([C@@H](CC(C)=O)N2CCn3cc(CCc4ccc5c(n4)NCCC5)cc3C2=O)cc1F. The summed E-state index contributed by atoms with van der Waals surface area (Å²) in [4.78, 5) is 32.1. The predicted octanol–water partition coefficient (Wildman–Crippen LogP) is 4.35. The Morgan fingerprint density at radius 3 is 2.83 bits per heavy atom. The molecule has 0 bridgehead atoms. The number of nitrogens with one attached hydrogen (secondary N) is 1. The van der Waals surface area contributed by atoms with Gasteiger partial charge in [-0.15, -0.1) is 0 Å². The van der Waals surface area contributed by atoms with Gasteiger partial charge in [0.05, 0.1) is 13.2 Å². The Kier molecular flexibility index (Phi) is 6.76. The van der Waals surface area contributed by atoms with Gasteiger partial charge in [0.25, 0.3) is 5.91 Å². The van der Waals surface area contributed by atoms with Crippen molar-refractivity contribution in [2.24, 2.45) is 0 Å². The van der Waals surface area contributed by atoms with E-state index in [4.69, 9.17) is 9.72 Å². The van der Waals surface area contributed by atoms with Crippen LogP contribution in [0.2, 0.25) is 0 Å². The van der Waals surface area contributed by atoms with E-state index in [0.29, 0.717) is 24.3 Å². The van der Waals surface area contributed by atoms with Gasteiger partial charge in [-0.1, -0.05) is 12.1 Å². The number of anilines is 1. The van der Waals surface area contributed by atoms with E-state index in [0.717, 1.165) is 49.3 Å². The zero-order chi connectivity index (χ0) is 25.2. The van der Waals surface area contributed by atoms with Crippen molar-refractivity contribution >= 4 is 17.5 Å². The van der Waals surface area contributed by atoms with Crippen LogP contribution in [0, 0.1) is 5.82 Å². The highest BCUT2D eigenvalue weighted by molar-refractivity contribution is 5.94. The summed E-state index contributed by atoms with van der Waals surface area (Å²) in [6.07, 6.45) is 5.93. The zero-order valence-corrected chi connectivity index (χ0v) is 20.7. The number of Topliss-reactive ketones (excluding diaryl/α,β-unsaturated/α-hetero) is 1. The van der Waals surface area contributed by atoms with Gasteiger partial charge in [0.1, 0.15) is 17.3 Å². The number of hydrogen-bond acceptors (Lipinski definition) is 5.